The highest BCUT2D eigenvalue weighted by molar-refractivity contribution is 8.18. The van der Waals surface area contributed by atoms with Crippen molar-refractivity contribution in [2.45, 2.75) is 6.54 Å². The Bertz CT molecular complexity index is 1010. The van der Waals surface area contributed by atoms with Gasteiger partial charge in [0, 0.05) is 11.6 Å². The van der Waals surface area contributed by atoms with E-state index < -0.39 is 5.91 Å². The van der Waals surface area contributed by atoms with Crippen LogP contribution in [0.1, 0.15) is 11.1 Å². The number of methoxy groups -OCH3 is 3. The lowest BCUT2D eigenvalue weighted by Crippen LogP contribution is -2.27. The van der Waals surface area contributed by atoms with Gasteiger partial charge in [0.1, 0.15) is 5.75 Å². The van der Waals surface area contributed by atoms with Crippen molar-refractivity contribution in [1.82, 2.24) is 4.90 Å². The van der Waals surface area contributed by atoms with E-state index in [0.29, 0.717) is 38.4 Å². The van der Waals surface area contributed by atoms with Crippen LogP contribution in [0.4, 0.5) is 4.79 Å². The van der Waals surface area contributed by atoms with E-state index in [0.717, 1.165) is 16.7 Å². The number of thioether (sulfide) groups is 1. The molecule has 1 aliphatic rings. The highest BCUT2D eigenvalue weighted by atomic mass is 35.5. The van der Waals surface area contributed by atoms with Crippen molar-refractivity contribution in [3.63, 3.8) is 0 Å². The Morgan fingerprint density at radius 2 is 1.59 bits per heavy atom. The molecule has 2 amide bonds. The van der Waals surface area contributed by atoms with Gasteiger partial charge < -0.3 is 14.2 Å². The zero-order chi connectivity index (χ0) is 21.1. The predicted octanol–water partition coefficient (Wildman–Crippen LogP) is 5.26. The van der Waals surface area contributed by atoms with Gasteiger partial charge in [-0.05, 0) is 41.6 Å². The van der Waals surface area contributed by atoms with Crippen molar-refractivity contribution in [1.29, 1.82) is 0 Å². The van der Waals surface area contributed by atoms with Crippen LogP contribution in [0.5, 0.6) is 17.2 Å². The Labute approximate surface area is 182 Å². The number of imide groups is 1. The summed E-state index contributed by atoms with van der Waals surface area (Å²) >= 11 is 12.8. The molecule has 0 N–H and O–H groups in total. The van der Waals surface area contributed by atoms with Gasteiger partial charge in [-0.1, -0.05) is 29.3 Å². The van der Waals surface area contributed by atoms with Crippen LogP contribution in [0.2, 0.25) is 10.0 Å². The van der Waals surface area contributed by atoms with Gasteiger partial charge >= 0.3 is 0 Å². The summed E-state index contributed by atoms with van der Waals surface area (Å²) in [5.74, 6) is 1.06. The van der Waals surface area contributed by atoms with Crippen molar-refractivity contribution in [2.24, 2.45) is 0 Å². The highest BCUT2D eigenvalue weighted by Gasteiger charge is 2.35. The second kappa shape index (κ2) is 8.98. The monoisotopic (exact) mass is 453 g/mol. The van der Waals surface area contributed by atoms with Crippen LogP contribution in [-0.4, -0.2) is 37.4 Å². The van der Waals surface area contributed by atoms with E-state index in [1.54, 1.807) is 36.4 Å². The fraction of sp³-hybridized carbons (Fsp3) is 0.200. The van der Waals surface area contributed by atoms with Gasteiger partial charge in [0.15, 0.2) is 11.5 Å². The maximum atomic E-state index is 12.8. The number of hydrogen-bond donors (Lipinski definition) is 0. The second-order valence-electron chi connectivity index (χ2n) is 5.97. The van der Waals surface area contributed by atoms with E-state index in [2.05, 4.69) is 0 Å². The molecule has 0 saturated carbocycles. The maximum absolute atomic E-state index is 12.8. The molecule has 1 fully saturated rings. The van der Waals surface area contributed by atoms with Crippen LogP contribution in [0, 0.1) is 0 Å². The van der Waals surface area contributed by atoms with Crippen LogP contribution >= 0.6 is 35.0 Å². The van der Waals surface area contributed by atoms with Crippen molar-refractivity contribution < 1.29 is 23.8 Å². The largest absolute Gasteiger partial charge is 0.496 e. The number of ether oxygens (including phenoxy) is 3. The van der Waals surface area contributed by atoms with E-state index >= 15 is 0 Å². The van der Waals surface area contributed by atoms with Gasteiger partial charge in [-0.25, -0.2) is 0 Å². The van der Waals surface area contributed by atoms with Crippen LogP contribution in [0.15, 0.2) is 35.2 Å². The first-order valence-electron chi connectivity index (χ1n) is 8.37. The minimum Gasteiger partial charge on any atom is -0.496 e. The molecule has 0 spiro atoms. The summed E-state index contributed by atoms with van der Waals surface area (Å²) in [4.78, 5) is 26.7. The smallest absolute Gasteiger partial charge is 0.293 e. The quantitative estimate of drug-likeness (QED) is 0.556. The summed E-state index contributed by atoms with van der Waals surface area (Å²) in [6.45, 7) is 0.0992. The molecule has 0 radical (unpaired) electrons. The average Bonchev–Trinajstić information content (AvgIpc) is 2.97. The molecule has 0 aliphatic carbocycles. The minimum absolute atomic E-state index is 0.0992. The standard InChI is InChI=1S/C20H17Cl2NO5S/c1-26-15-9-17(28-3)16(27-2)7-12(15)8-18-19(24)23(20(25)29-18)10-11-4-5-13(21)14(22)6-11/h4-9H,10H2,1-3H3/b18-8-. The molecule has 29 heavy (non-hydrogen) atoms. The number of rotatable bonds is 6. The van der Waals surface area contributed by atoms with Crippen LogP contribution in [0.3, 0.4) is 0 Å². The fourth-order valence-electron chi connectivity index (χ4n) is 2.76. The van der Waals surface area contributed by atoms with Gasteiger partial charge in [-0.2, -0.15) is 0 Å². The fourth-order valence-corrected chi connectivity index (χ4v) is 3.91. The first kappa shape index (κ1) is 21.4. The van der Waals surface area contributed by atoms with Gasteiger partial charge in [0.2, 0.25) is 0 Å². The molecule has 1 heterocycles. The number of benzene rings is 2. The SMILES string of the molecule is COc1cc(OC)c(OC)cc1/C=C1\SC(=O)N(Cc2ccc(Cl)c(Cl)c2)C1=O. The number of carbonyl (C=O) groups excluding carboxylic acids is 2. The predicted molar refractivity (Wildman–Crippen MR) is 114 cm³/mol. The first-order valence-corrected chi connectivity index (χ1v) is 9.94. The molecule has 6 nitrogen and oxygen atoms in total. The molecule has 0 aromatic heterocycles. The zero-order valence-electron chi connectivity index (χ0n) is 15.8. The maximum Gasteiger partial charge on any atom is 0.293 e. The van der Waals surface area contributed by atoms with E-state index in [1.165, 1.54) is 21.3 Å². The second-order valence-corrected chi connectivity index (χ2v) is 7.77. The third-order valence-electron chi connectivity index (χ3n) is 4.22. The molecule has 0 bridgehead atoms. The topological polar surface area (TPSA) is 65.1 Å². The molecule has 0 unspecified atom stereocenters. The van der Waals surface area contributed by atoms with Crippen molar-refractivity contribution in [3.8, 4) is 17.2 Å². The highest BCUT2D eigenvalue weighted by Crippen LogP contribution is 2.39. The van der Waals surface area contributed by atoms with Gasteiger partial charge in [-0.15, -0.1) is 0 Å². The van der Waals surface area contributed by atoms with Crippen molar-refractivity contribution >= 4 is 52.2 Å². The lowest BCUT2D eigenvalue weighted by molar-refractivity contribution is -0.123. The molecule has 3 rings (SSSR count). The molecule has 2 aromatic rings. The molecule has 0 atom stereocenters. The zero-order valence-corrected chi connectivity index (χ0v) is 18.2. The van der Waals surface area contributed by atoms with Gasteiger partial charge in [0.05, 0.1) is 42.8 Å². The van der Waals surface area contributed by atoms with Crippen LogP contribution in [0.25, 0.3) is 6.08 Å². The lowest BCUT2D eigenvalue weighted by atomic mass is 10.1. The van der Waals surface area contributed by atoms with Gasteiger partial charge in [0.25, 0.3) is 11.1 Å². The Morgan fingerprint density at radius 1 is 0.931 bits per heavy atom. The molecular formula is C20H17Cl2NO5S. The number of nitrogens with zero attached hydrogens (tertiary/aromatic N) is 1. The van der Waals surface area contributed by atoms with E-state index in [4.69, 9.17) is 37.4 Å². The number of hydrogen-bond acceptors (Lipinski definition) is 6. The summed E-state index contributed by atoms with van der Waals surface area (Å²) in [7, 11) is 4.54. The first-order chi connectivity index (χ1) is 13.9. The summed E-state index contributed by atoms with van der Waals surface area (Å²) < 4.78 is 16.0. The molecule has 9 heteroatoms. The van der Waals surface area contributed by atoms with E-state index in [9.17, 15) is 9.59 Å². The number of carbonyl (C=O) groups is 2. The average molecular weight is 454 g/mol. The molecule has 1 aliphatic heterocycles. The van der Waals surface area contributed by atoms with E-state index in [1.807, 2.05) is 0 Å². The van der Waals surface area contributed by atoms with Crippen molar-refractivity contribution in [3.05, 3.63) is 56.4 Å². The van der Waals surface area contributed by atoms with Crippen molar-refractivity contribution in [2.75, 3.05) is 21.3 Å². The Kier molecular flexibility index (Phi) is 6.62. The Hall–Kier alpha value is -2.35. The summed E-state index contributed by atoms with van der Waals surface area (Å²) in [5, 5.41) is 0.401. The molecular weight excluding hydrogens is 437 g/mol. The summed E-state index contributed by atoms with van der Waals surface area (Å²) in [6, 6.07) is 8.32. The van der Waals surface area contributed by atoms with E-state index in [-0.39, 0.29) is 16.7 Å². The van der Waals surface area contributed by atoms with Gasteiger partial charge in [-0.3, -0.25) is 14.5 Å². The molecule has 2 aromatic carbocycles. The number of halogens is 2. The Morgan fingerprint density at radius 3 is 2.21 bits per heavy atom. The third-order valence-corrected chi connectivity index (χ3v) is 5.87. The van der Waals surface area contributed by atoms with Crippen LogP contribution < -0.4 is 14.2 Å². The summed E-state index contributed by atoms with van der Waals surface area (Å²) in [5.41, 5.74) is 1.29. The third kappa shape index (κ3) is 4.47. The normalized spacial score (nSPS) is 15.2. The Balaban J connectivity index is 1.90. The number of amides is 2. The minimum atomic E-state index is -0.400. The summed E-state index contributed by atoms with van der Waals surface area (Å²) in [6.07, 6.45) is 1.60. The molecule has 1 saturated heterocycles. The lowest BCUT2D eigenvalue weighted by Gasteiger charge is -2.13. The van der Waals surface area contributed by atoms with Crippen LogP contribution in [-0.2, 0) is 11.3 Å². The molecule has 152 valence electrons.